The summed E-state index contributed by atoms with van der Waals surface area (Å²) < 4.78 is 11.8. The summed E-state index contributed by atoms with van der Waals surface area (Å²) in [6.45, 7) is 7.85. The van der Waals surface area contributed by atoms with E-state index >= 15 is 0 Å². The van der Waals surface area contributed by atoms with Crippen molar-refractivity contribution in [2.75, 3.05) is 6.61 Å². The molecule has 154 valence electrons. The summed E-state index contributed by atoms with van der Waals surface area (Å²) in [7, 11) is 0. The highest BCUT2D eigenvalue weighted by Gasteiger charge is 2.38. The average Bonchev–Trinajstić information content (AvgIpc) is 2.65. The molecule has 1 aliphatic heterocycles. The lowest BCUT2D eigenvalue weighted by Gasteiger charge is -2.40. The molecule has 0 aliphatic carbocycles. The fourth-order valence-corrected chi connectivity index (χ4v) is 3.27. The molecule has 2 atom stereocenters. The average molecular weight is 387 g/mol. The molecule has 1 saturated heterocycles. The first-order chi connectivity index (χ1) is 13.4. The molecule has 5 heteroatoms. The van der Waals surface area contributed by atoms with Crippen molar-refractivity contribution in [3.05, 3.63) is 29.6 Å². The molecule has 0 aromatic carbocycles. The molecule has 5 nitrogen and oxygen atoms in total. The molecule has 1 aromatic heterocycles. The van der Waals surface area contributed by atoms with Crippen LogP contribution in [0.25, 0.3) is 0 Å². The predicted octanol–water partition coefficient (Wildman–Crippen LogP) is 4.51. The lowest BCUT2D eigenvalue weighted by atomic mass is 10.0. The maximum Gasteiger partial charge on any atom is 0.217 e. The van der Waals surface area contributed by atoms with Gasteiger partial charge < -0.3 is 14.8 Å². The predicted molar refractivity (Wildman–Crippen MR) is 111 cm³/mol. The molecule has 1 amide bonds. The van der Waals surface area contributed by atoms with Gasteiger partial charge in [-0.2, -0.15) is 0 Å². The van der Waals surface area contributed by atoms with Crippen LogP contribution in [0.4, 0.5) is 0 Å². The standard InChI is InChI=1S/C23H34N2O3/c1-5-6-7-8-9-10-11-12-14-19-15-13-16-20(25-19)22-21(24-18(2)26)17-27-23(3,4)28-22/h13,15-16,21-22H,5-11,17H2,1-4H3,(H,24,26). The molecule has 1 aromatic rings. The Morgan fingerprint density at radius 2 is 2.00 bits per heavy atom. The fraction of sp³-hybridized carbons (Fsp3) is 0.652. The van der Waals surface area contributed by atoms with Crippen molar-refractivity contribution < 1.29 is 14.3 Å². The van der Waals surface area contributed by atoms with Crippen LogP contribution < -0.4 is 5.32 Å². The van der Waals surface area contributed by atoms with Crippen LogP contribution in [0, 0.1) is 11.8 Å². The first-order valence-corrected chi connectivity index (χ1v) is 10.5. The Labute approximate surface area is 169 Å². The van der Waals surface area contributed by atoms with Crippen LogP contribution in [0.3, 0.4) is 0 Å². The number of nitrogens with zero attached hydrogens (tertiary/aromatic N) is 1. The van der Waals surface area contributed by atoms with E-state index in [0.29, 0.717) is 6.61 Å². The summed E-state index contributed by atoms with van der Waals surface area (Å²) in [6.07, 6.45) is 8.13. The third-order valence-corrected chi connectivity index (χ3v) is 4.71. The Bertz CT molecular complexity index is 691. The molecule has 28 heavy (non-hydrogen) atoms. The van der Waals surface area contributed by atoms with Crippen molar-refractivity contribution in [1.82, 2.24) is 10.3 Å². The van der Waals surface area contributed by atoms with Gasteiger partial charge in [0.25, 0.3) is 0 Å². The number of ether oxygens (including phenoxy) is 2. The van der Waals surface area contributed by atoms with Gasteiger partial charge in [-0.3, -0.25) is 4.79 Å². The summed E-state index contributed by atoms with van der Waals surface area (Å²) in [5.74, 6) is 5.57. The third-order valence-electron chi connectivity index (χ3n) is 4.71. The topological polar surface area (TPSA) is 60.5 Å². The first-order valence-electron chi connectivity index (χ1n) is 10.5. The molecule has 2 heterocycles. The van der Waals surface area contributed by atoms with Gasteiger partial charge in [0.2, 0.25) is 5.91 Å². The van der Waals surface area contributed by atoms with Crippen molar-refractivity contribution in [3.8, 4) is 11.8 Å². The number of carbonyl (C=O) groups is 1. The molecule has 0 saturated carbocycles. The normalized spacial score (nSPS) is 20.9. The number of carbonyl (C=O) groups excluding carboxylic acids is 1. The summed E-state index contributed by atoms with van der Waals surface area (Å²) in [6, 6.07) is 5.49. The summed E-state index contributed by atoms with van der Waals surface area (Å²) >= 11 is 0. The largest absolute Gasteiger partial charge is 0.348 e. The second kappa shape index (κ2) is 11.2. The number of amides is 1. The van der Waals surface area contributed by atoms with E-state index in [-0.39, 0.29) is 18.1 Å². The van der Waals surface area contributed by atoms with Crippen molar-refractivity contribution >= 4 is 5.91 Å². The molecule has 1 fully saturated rings. The smallest absolute Gasteiger partial charge is 0.217 e. The van der Waals surface area contributed by atoms with Gasteiger partial charge in [0.15, 0.2) is 5.79 Å². The molecule has 2 rings (SSSR count). The molecular formula is C23H34N2O3. The van der Waals surface area contributed by atoms with Gasteiger partial charge in [0.1, 0.15) is 11.8 Å². The Balaban J connectivity index is 1.98. The van der Waals surface area contributed by atoms with Crippen LogP contribution in [0.15, 0.2) is 18.2 Å². The summed E-state index contributed by atoms with van der Waals surface area (Å²) in [4.78, 5) is 16.2. The number of nitrogens with one attached hydrogen (secondary N) is 1. The van der Waals surface area contributed by atoms with E-state index < -0.39 is 5.79 Å². The lowest BCUT2D eigenvalue weighted by molar-refractivity contribution is -0.285. The molecule has 0 spiro atoms. The second-order valence-corrected chi connectivity index (χ2v) is 7.82. The minimum atomic E-state index is -0.721. The number of hydrogen-bond acceptors (Lipinski definition) is 4. The minimum absolute atomic E-state index is 0.114. The fourth-order valence-electron chi connectivity index (χ4n) is 3.27. The molecule has 1 N–H and O–H groups in total. The number of hydrogen-bond donors (Lipinski definition) is 1. The van der Waals surface area contributed by atoms with Crippen LogP contribution in [-0.2, 0) is 14.3 Å². The van der Waals surface area contributed by atoms with Crippen LogP contribution in [0.2, 0.25) is 0 Å². The van der Waals surface area contributed by atoms with Crippen LogP contribution in [-0.4, -0.2) is 29.3 Å². The van der Waals surface area contributed by atoms with E-state index in [1.54, 1.807) is 0 Å². The zero-order valence-electron chi connectivity index (χ0n) is 17.7. The Kier molecular flexibility index (Phi) is 8.95. The molecule has 0 radical (unpaired) electrons. The van der Waals surface area contributed by atoms with Crippen molar-refractivity contribution in [3.63, 3.8) is 0 Å². The molecule has 1 aliphatic rings. The van der Waals surface area contributed by atoms with Crippen LogP contribution in [0.1, 0.15) is 90.1 Å². The van der Waals surface area contributed by atoms with E-state index in [9.17, 15) is 4.79 Å². The monoisotopic (exact) mass is 386 g/mol. The Morgan fingerprint density at radius 3 is 2.75 bits per heavy atom. The highest BCUT2D eigenvalue weighted by atomic mass is 16.7. The Morgan fingerprint density at radius 1 is 1.25 bits per heavy atom. The molecule has 2 unspecified atom stereocenters. The van der Waals surface area contributed by atoms with E-state index in [4.69, 9.17) is 9.47 Å². The number of pyridine rings is 1. The zero-order chi connectivity index (χ0) is 20.4. The van der Waals surface area contributed by atoms with Gasteiger partial charge in [-0.25, -0.2) is 4.98 Å². The van der Waals surface area contributed by atoms with Crippen LogP contribution >= 0.6 is 0 Å². The third kappa shape index (κ3) is 7.61. The second-order valence-electron chi connectivity index (χ2n) is 7.82. The van der Waals surface area contributed by atoms with Crippen molar-refractivity contribution in [2.24, 2.45) is 0 Å². The maximum atomic E-state index is 11.5. The number of unbranched alkanes of at least 4 members (excludes halogenated alkanes) is 6. The van der Waals surface area contributed by atoms with Gasteiger partial charge in [-0.15, -0.1) is 0 Å². The van der Waals surface area contributed by atoms with E-state index in [0.717, 1.165) is 24.2 Å². The Hall–Kier alpha value is -1.90. The van der Waals surface area contributed by atoms with E-state index in [1.807, 2.05) is 32.0 Å². The van der Waals surface area contributed by atoms with Gasteiger partial charge in [0, 0.05) is 13.3 Å². The van der Waals surface area contributed by atoms with Gasteiger partial charge in [-0.1, -0.05) is 51.0 Å². The van der Waals surface area contributed by atoms with Crippen LogP contribution in [0.5, 0.6) is 0 Å². The SMILES string of the molecule is CCCCCCCCC#Cc1cccc(C2OC(C)(C)OCC2NC(C)=O)n1. The number of aromatic nitrogens is 1. The number of rotatable bonds is 8. The van der Waals surface area contributed by atoms with Crippen molar-refractivity contribution in [2.45, 2.75) is 90.6 Å². The maximum absolute atomic E-state index is 11.5. The quantitative estimate of drug-likeness (QED) is 0.527. The first kappa shape index (κ1) is 22.4. The van der Waals surface area contributed by atoms with E-state index in [1.165, 1.54) is 39.0 Å². The van der Waals surface area contributed by atoms with Gasteiger partial charge in [0.05, 0.1) is 18.3 Å². The van der Waals surface area contributed by atoms with E-state index in [2.05, 4.69) is 29.1 Å². The highest BCUT2D eigenvalue weighted by Crippen LogP contribution is 2.32. The highest BCUT2D eigenvalue weighted by molar-refractivity contribution is 5.73. The minimum Gasteiger partial charge on any atom is -0.348 e. The van der Waals surface area contributed by atoms with Crippen molar-refractivity contribution in [1.29, 1.82) is 0 Å². The van der Waals surface area contributed by atoms with Gasteiger partial charge in [-0.05, 0) is 38.3 Å². The zero-order valence-corrected chi connectivity index (χ0v) is 17.7. The molecule has 0 bridgehead atoms. The molecular weight excluding hydrogens is 352 g/mol. The van der Waals surface area contributed by atoms with Gasteiger partial charge >= 0.3 is 0 Å². The lowest BCUT2D eigenvalue weighted by Crippen LogP contribution is -2.51. The summed E-state index contributed by atoms with van der Waals surface area (Å²) in [5, 5.41) is 2.90. The summed E-state index contributed by atoms with van der Waals surface area (Å²) in [5.41, 5.74) is 1.50.